The van der Waals surface area contributed by atoms with Gasteiger partial charge in [0.15, 0.2) is 0 Å². The first kappa shape index (κ1) is 12.1. The highest BCUT2D eigenvalue weighted by atomic mass is 16.6. The fourth-order valence-electron chi connectivity index (χ4n) is 1.17. The maximum atomic E-state index is 10.4. The number of pyridine rings is 1. The summed E-state index contributed by atoms with van der Waals surface area (Å²) in [5, 5.41) is 0. The monoisotopic (exact) mass is 225 g/mol. The molecule has 1 atom stereocenters. The molecule has 0 aliphatic carbocycles. The van der Waals surface area contributed by atoms with Crippen molar-refractivity contribution in [3.8, 4) is 5.88 Å². The van der Waals surface area contributed by atoms with Crippen molar-refractivity contribution in [1.82, 2.24) is 4.98 Å². The van der Waals surface area contributed by atoms with Gasteiger partial charge in [0.1, 0.15) is 12.7 Å². The number of carbonyl (C=O) groups excluding carboxylic acids is 1. The minimum atomic E-state index is -0.826. The average molecular weight is 225 g/mol. The van der Waals surface area contributed by atoms with Crippen molar-refractivity contribution >= 4 is 11.8 Å². The number of nitrogens with two attached hydrogens (primary N) is 2. The molecular formula is C10H15N3O3. The molecule has 0 aliphatic rings. The Labute approximate surface area is 93.5 Å². The molecule has 0 aliphatic heterocycles. The first-order valence-corrected chi connectivity index (χ1v) is 4.80. The average Bonchev–Trinajstić information content (AvgIpc) is 2.12. The van der Waals surface area contributed by atoms with E-state index in [-0.39, 0.29) is 6.61 Å². The van der Waals surface area contributed by atoms with E-state index in [9.17, 15) is 4.79 Å². The van der Waals surface area contributed by atoms with Gasteiger partial charge in [0.2, 0.25) is 5.88 Å². The van der Waals surface area contributed by atoms with Crippen molar-refractivity contribution in [3.05, 3.63) is 17.8 Å². The maximum Gasteiger partial charge on any atom is 0.404 e. The Balaban J connectivity index is 2.51. The van der Waals surface area contributed by atoms with Gasteiger partial charge in [-0.25, -0.2) is 9.78 Å². The summed E-state index contributed by atoms with van der Waals surface area (Å²) in [5.41, 5.74) is 11.8. The number of carbonyl (C=O) groups is 1. The smallest absolute Gasteiger partial charge is 0.404 e. The summed E-state index contributed by atoms with van der Waals surface area (Å²) in [7, 11) is 0. The molecular weight excluding hydrogens is 210 g/mol. The van der Waals surface area contributed by atoms with Crippen LogP contribution in [-0.2, 0) is 4.74 Å². The van der Waals surface area contributed by atoms with Gasteiger partial charge >= 0.3 is 6.09 Å². The Kier molecular flexibility index (Phi) is 3.93. The largest absolute Gasteiger partial charge is 0.474 e. The molecule has 4 N–H and O–H groups in total. The minimum absolute atomic E-state index is 0.179. The zero-order valence-corrected chi connectivity index (χ0v) is 9.27. The third-order valence-corrected chi connectivity index (χ3v) is 1.74. The molecule has 0 fully saturated rings. The molecule has 1 rings (SSSR count). The van der Waals surface area contributed by atoms with Crippen molar-refractivity contribution in [2.24, 2.45) is 5.73 Å². The molecule has 1 unspecified atom stereocenters. The van der Waals surface area contributed by atoms with Gasteiger partial charge in [-0.05, 0) is 19.9 Å². The molecule has 1 heterocycles. The lowest BCUT2D eigenvalue weighted by Gasteiger charge is -2.12. The van der Waals surface area contributed by atoms with Crippen LogP contribution < -0.4 is 16.2 Å². The third-order valence-electron chi connectivity index (χ3n) is 1.74. The molecule has 0 spiro atoms. The second kappa shape index (κ2) is 5.20. The van der Waals surface area contributed by atoms with Gasteiger partial charge in [-0.1, -0.05) is 0 Å². The van der Waals surface area contributed by atoms with Crippen molar-refractivity contribution in [1.29, 1.82) is 0 Å². The summed E-state index contributed by atoms with van der Waals surface area (Å²) in [6.07, 6.45) is -1.26. The topological polar surface area (TPSA) is 100 Å². The summed E-state index contributed by atoms with van der Waals surface area (Å²) < 4.78 is 9.99. The van der Waals surface area contributed by atoms with Crippen molar-refractivity contribution in [2.45, 2.75) is 20.0 Å². The van der Waals surface area contributed by atoms with Crippen LogP contribution in [0.4, 0.5) is 10.5 Å². The second-order valence-corrected chi connectivity index (χ2v) is 3.44. The predicted octanol–water partition coefficient (Wildman–Crippen LogP) is 0.835. The summed E-state index contributed by atoms with van der Waals surface area (Å²) in [6.45, 7) is 3.66. The van der Waals surface area contributed by atoms with E-state index in [0.717, 1.165) is 5.69 Å². The van der Waals surface area contributed by atoms with Crippen LogP contribution >= 0.6 is 0 Å². The van der Waals surface area contributed by atoms with E-state index in [4.69, 9.17) is 16.2 Å². The van der Waals surface area contributed by atoms with Crippen LogP contribution in [0.5, 0.6) is 5.88 Å². The third kappa shape index (κ3) is 4.04. The van der Waals surface area contributed by atoms with Crippen molar-refractivity contribution < 1.29 is 14.3 Å². The molecule has 0 saturated carbocycles. The van der Waals surface area contributed by atoms with Crippen LogP contribution in [0.15, 0.2) is 12.1 Å². The van der Waals surface area contributed by atoms with Crippen molar-refractivity contribution in [2.75, 3.05) is 12.3 Å². The van der Waals surface area contributed by atoms with Crippen LogP contribution in [0.3, 0.4) is 0 Å². The van der Waals surface area contributed by atoms with Gasteiger partial charge in [0, 0.05) is 17.4 Å². The molecule has 1 aromatic rings. The lowest BCUT2D eigenvalue weighted by Crippen LogP contribution is -2.25. The number of amides is 1. The number of aryl methyl sites for hydroxylation is 1. The number of anilines is 1. The standard InChI is InChI=1S/C10H15N3O3/c1-6-3-8(11)4-9(13-6)15-5-7(2)16-10(12)14/h3-4,7H,5H2,1-2H3,(H2,11,13)(H2,12,14). The van der Waals surface area contributed by atoms with Gasteiger partial charge < -0.3 is 20.9 Å². The Morgan fingerprint density at radius 2 is 2.25 bits per heavy atom. The van der Waals surface area contributed by atoms with E-state index in [1.165, 1.54) is 0 Å². The molecule has 88 valence electrons. The summed E-state index contributed by atoms with van der Waals surface area (Å²) in [5.74, 6) is 0.400. The van der Waals surface area contributed by atoms with E-state index < -0.39 is 12.2 Å². The molecule has 0 aromatic carbocycles. The molecule has 0 saturated heterocycles. The molecule has 16 heavy (non-hydrogen) atoms. The molecule has 6 nitrogen and oxygen atoms in total. The number of aromatic nitrogens is 1. The number of nitrogen functional groups attached to an aromatic ring is 1. The highest BCUT2D eigenvalue weighted by molar-refractivity contribution is 5.64. The second-order valence-electron chi connectivity index (χ2n) is 3.44. The lowest BCUT2D eigenvalue weighted by atomic mass is 10.3. The van der Waals surface area contributed by atoms with Crippen LogP contribution in [0.1, 0.15) is 12.6 Å². The highest BCUT2D eigenvalue weighted by Crippen LogP contribution is 2.14. The van der Waals surface area contributed by atoms with Gasteiger partial charge in [-0.15, -0.1) is 0 Å². The number of ether oxygens (including phenoxy) is 2. The maximum absolute atomic E-state index is 10.4. The number of primary amides is 1. The zero-order valence-electron chi connectivity index (χ0n) is 9.27. The van der Waals surface area contributed by atoms with Crippen LogP contribution in [-0.4, -0.2) is 23.8 Å². The first-order chi connectivity index (χ1) is 7.47. The van der Waals surface area contributed by atoms with Crippen LogP contribution in [0.25, 0.3) is 0 Å². The van der Waals surface area contributed by atoms with Crippen LogP contribution in [0, 0.1) is 6.92 Å². The normalized spacial score (nSPS) is 11.9. The SMILES string of the molecule is Cc1cc(N)cc(OCC(C)OC(N)=O)n1. The fraction of sp³-hybridized carbons (Fsp3) is 0.400. The van der Waals surface area contributed by atoms with E-state index in [1.54, 1.807) is 19.1 Å². The number of rotatable bonds is 4. The minimum Gasteiger partial charge on any atom is -0.474 e. The Hall–Kier alpha value is -1.98. The number of hydrogen-bond acceptors (Lipinski definition) is 5. The van der Waals surface area contributed by atoms with Gasteiger partial charge in [-0.2, -0.15) is 0 Å². The molecule has 6 heteroatoms. The first-order valence-electron chi connectivity index (χ1n) is 4.80. The molecule has 1 aromatic heterocycles. The van der Waals surface area contributed by atoms with Crippen LogP contribution in [0.2, 0.25) is 0 Å². The van der Waals surface area contributed by atoms with E-state index in [2.05, 4.69) is 9.72 Å². The molecule has 1 amide bonds. The van der Waals surface area contributed by atoms with E-state index >= 15 is 0 Å². The van der Waals surface area contributed by atoms with E-state index in [1.807, 2.05) is 6.92 Å². The summed E-state index contributed by atoms with van der Waals surface area (Å²) in [6, 6.07) is 3.33. The van der Waals surface area contributed by atoms with E-state index in [0.29, 0.717) is 11.6 Å². The lowest BCUT2D eigenvalue weighted by molar-refractivity contribution is 0.0808. The summed E-state index contributed by atoms with van der Waals surface area (Å²) >= 11 is 0. The Bertz CT molecular complexity index is 361. The zero-order chi connectivity index (χ0) is 12.1. The fourth-order valence-corrected chi connectivity index (χ4v) is 1.17. The molecule has 0 radical (unpaired) electrons. The van der Waals surface area contributed by atoms with Gasteiger partial charge in [-0.3, -0.25) is 0 Å². The quantitative estimate of drug-likeness (QED) is 0.790. The highest BCUT2D eigenvalue weighted by Gasteiger charge is 2.07. The van der Waals surface area contributed by atoms with Gasteiger partial charge in [0.05, 0.1) is 0 Å². The Morgan fingerprint density at radius 3 is 2.81 bits per heavy atom. The number of nitrogens with zero attached hydrogens (tertiary/aromatic N) is 1. The molecule has 0 bridgehead atoms. The Morgan fingerprint density at radius 1 is 1.56 bits per heavy atom. The van der Waals surface area contributed by atoms with Gasteiger partial charge in [0.25, 0.3) is 0 Å². The van der Waals surface area contributed by atoms with Crippen molar-refractivity contribution in [3.63, 3.8) is 0 Å². The number of hydrogen-bond donors (Lipinski definition) is 2. The summed E-state index contributed by atoms with van der Waals surface area (Å²) in [4.78, 5) is 14.5. The predicted molar refractivity (Wildman–Crippen MR) is 59.0 cm³/mol.